The molecule has 2 aromatic carbocycles. The van der Waals surface area contributed by atoms with Gasteiger partial charge in [-0.3, -0.25) is 14.3 Å². The van der Waals surface area contributed by atoms with Crippen LogP contribution in [0.25, 0.3) is 11.3 Å². The van der Waals surface area contributed by atoms with Crippen molar-refractivity contribution in [2.45, 2.75) is 13.3 Å². The summed E-state index contributed by atoms with van der Waals surface area (Å²) in [6.45, 7) is 2.64. The first-order valence-electron chi connectivity index (χ1n) is 9.62. The largest absolute Gasteiger partial charge is 0.490 e. The fraction of sp³-hybridized carbons (Fsp3) is 0.227. The van der Waals surface area contributed by atoms with E-state index in [1.54, 1.807) is 42.2 Å². The van der Waals surface area contributed by atoms with Crippen LogP contribution in [0.5, 0.6) is 11.5 Å². The molecule has 0 aliphatic carbocycles. The Morgan fingerprint density at radius 2 is 1.63 bits per heavy atom. The molecule has 0 atom stereocenters. The summed E-state index contributed by atoms with van der Waals surface area (Å²) >= 11 is 0. The maximum atomic E-state index is 12.9. The van der Waals surface area contributed by atoms with Crippen LogP contribution in [-0.4, -0.2) is 34.8 Å². The summed E-state index contributed by atoms with van der Waals surface area (Å²) in [6, 6.07) is 12.5. The molecule has 30 heavy (non-hydrogen) atoms. The molecule has 0 saturated heterocycles. The molecular formula is C22H22N4O4. The number of aryl methyl sites for hydroxylation is 1. The lowest BCUT2D eigenvalue weighted by molar-refractivity contribution is -0.114. The number of hydrogen-bond donors (Lipinski definition) is 2. The van der Waals surface area contributed by atoms with Gasteiger partial charge in [0.25, 0.3) is 5.91 Å². The van der Waals surface area contributed by atoms with Crippen LogP contribution in [0, 0.1) is 0 Å². The highest BCUT2D eigenvalue weighted by molar-refractivity contribution is 6.08. The van der Waals surface area contributed by atoms with Crippen molar-refractivity contribution in [2.75, 3.05) is 23.8 Å². The molecule has 2 amide bonds. The molecule has 0 radical (unpaired) electrons. The van der Waals surface area contributed by atoms with Gasteiger partial charge < -0.3 is 20.1 Å². The highest BCUT2D eigenvalue weighted by atomic mass is 16.5. The normalized spacial score (nSPS) is 12.7. The minimum atomic E-state index is -0.280. The van der Waals surface area contributed by atoms with Crippen molar-refractivity contribution >= 4 is 23.2 Å². The molecule has 0 unspecified atom stereocenters. The van der Waals surface area contributed by atoms with Crippen molar-refractivity contribution in [3.05, 3.63) is 54.2 Å². The second-order valence-electron chi connectivity index (χ2n) is 6.99. The van der Waals surface area contributed by atoms with Gasteiger partial charge in [-0.05, 0) is 42.5 Å². The number of carbonyl (C=O) groups is 2. The predicted octanol–water partition coefficient (Wildman–Crippen LogP) is 3.46. The molecule has 0 saturated carbocycles. The van der Waals surface area contributed by atoms with Crippen molar-refractivity contribution in [3.63, 3.8) is 0 Å². The third-order valence-electron chi connectivity index (χ3n) is 4.56. The van der Waals surface area contributed by atoms with Crippen molar-refractivity contribution in [1.82, 2.24) is 9.78 Å². The van der Waals surface area contributed by atoms with Crippen LogP contribution >= 0.6 is 0 Å². The number of hydrogen-bond acceptors (Lipinski definition) is 5. The Balaban J connectivity index is 1.58. The lowest BCUT2D eigenvalue weighted by atomic mass is 10.1. The quantitative estimate of drug-likeness (QED) is 0.692. The summed E-state index contributed by atoms with van der Waals surface area (Å²) in [4.78, 5) is 24.1. The van der Waals surface area contributed by atoms with E-state index in [1.807, 2.05) is 18.2 Å². The first-order chi connectivity index (χ1) is 14.5. The predicted molar refractivity (Wildman–Crippen MR) is 113 cm³/mol. The fourth-order valence-corrected chi connectivity index (χ4v) is 3.22. The number of amides is 2. The number of carbonyl (C=O) groups excluding carboxylic acids is 2. The molecule has 8 heteroatoms. The van der Waals surface area contributed by atoms with Crippen molar-refractivity contribution in [2.24, 2.45) is 7.05 Å². The Morgan fingerprint density at radius 1 is 0.967 bits per heavy atom. The Bertz CT molecular complexity index is 1090. The van der Waals surface area contributed by atoms with Gasteiger partial charge in [0.15, 0.2) is 11.5 Å². The molecule has 0 fully saturated rings. The number of rotatable bonds is 4. The van der Waals surface area contributed by atoms with Gasteiger partial charge in [0.05, 0.1) is 18.8 Å². The maximum Gasteiger partial charge on any atom is 0.259 e. The summed E-state index contributed by atoms with van der Waals surface area (Å²) in [6.07, 6.45) is 2.50. The van der Waals surface area contributed by atoms with Gasteiger partial charge in [-0.1, -0.05) is 0 Å². The van der Waals surface area contributed by atoms with E-state index in [2.05, 4.69) is 15.7 Å². The molecule has 0 spiro atoms. The summed E-state index contributed by atoms with van der Waals surface area (Å²) in [5, 5.41) is 10.0. The molecule has 1 aromatic heterocycles. The summed E-state index contributed by atoms with van der Waals surface area (Å²) in [5.41, 5.74) is 3.04. The van der Waals surface area contributed by atoms with Crippen LogP contribution in [0.15, 0.2) is 48.7 Å². The zero-order chi connectivity index (χ0) is 21.1. The smallest absolute Gasteiger partial charge is 0.259 e. The molecule has 1 aliphatic heterocycles. The highest BCUT2D eigenvalue weighted by Gasteiger charge is 2.20. The second kappa shape index (κ2) is 8.28. The molecule has 4 rings (SSSR count). The monoisotopic (exact) mass is 406 g/mol. The number of aromatic nitrogens is 2. The lowest BCUT2D eigenvalue weighted by Crippen LogP contribution is -2.12. The zero-order valence-corrected chi connectivity index (χ0v) is 16.8. The summed E-state index contributed by atoms with van der Waals surface area (Å²) < 4.78 is 13.0. The Morgan fingerprint density at radius 3 is 2.33 bits per heavy atom. The van der Waals surface area contributed by atoms with Crippen molar-refractivity contribution < 1.29 is 19.1 Å². The summed E-state index contributed by atoms with van der Waals surface area (Å²) in [7, 11) is 1.77. The maximum absolute atomic E-state index is 12.9. The molecule has 154 valence electrons. The minimum Gasteiger partial charge on any atom is -0.490 e. The van der Waals surface area contributed by atoms with E-state index < -0.39 is 0 Å². The van der Waals surface area contributed by atoms with Crippen molar-refractivity contribution in [3.8, 4) is 22.8 Å². The van der Waals surface area contributed by atoms with E-state index in [1.165, 1.54) is 6.92 Å². The third-order valence-corrected chi connectivity index (χ3v) is 4.56. The van der Waals surface area contributed by atoms with E-state index in [0.29, 0.717) is 47.3 Å². The lowest BCUT2D eigenvalue weighted by Gasteiger charge is -2.10. The summed E-state index contributed by atoms with van der Waals surface area (Å²) in [5.74, 6) is 0.910. The van der Waals surface area contributed by atoms with Crippen LogP contribution in [0.3, 0.4) is 0 Å². The van der Waals surface area contributed by atoms with Crippen LogP contribution in [0.4, 0.5) is 11.4 Å². The van der Waals surface area contributed by atoms with E-state index in [9.17, 15) is 9.59 Å². The highest BCUT2D eigenvalue weighted by Crippen LogP contribution is 2.35. The number of benzene rings is 2. The fourth-order valence-electron chi connectivity index (χ4n) is 3.22. The molecule has 2 N–H and O–H groups in total. The van der Waals surface area contributed by atoms with Gasteiger partial charge in [-0.2, -0.15) is 5.10 Å². The van der Waals surface area contributed by atoms with Crippen LogP contribution in [0.1, 0.15) is 23.7 Å². The second-order valence-corrected chi connectivity index (χ2v) is 6.99. The molecule has 8 nitrogen and oxygen atoms in total. The first kappa shape index (κ1) is 19.5. The minimum absolute atomic E-state index is 0.151. The molecule has 1 aliphatic rings. The molecular weight excluding hydrogens is 384 g/mol. The standard InChI is InChI=1S/C22H22N4O4/c1-14(27)23-16-5-7-17(8-6-16)24-22(28)18-13-26(2)25-21(18)15-4-9-19-20(12-15)30-11-3-10-29-19/h4-9,12-13H,3,10-11H2,1-2H3,(H,23,27)(H,24,28). The van der Waals surface area contributed by atoms with E-state index in [4.69, 9.17) is 9.47 Å². The molecule has 0 bridgehead atoms. The van der Waals surface area contributed by atoms with Gasteiger partial charge >= 0.3 is 0 Å². The average molecular weight is 406 g/mol. The van der Waals surface area contributed by atoms with Gasteiger partial charge in [0.2, 0.25) is 5.91 Å². The van der Waals surface area contributed by atoms with Gasteiger partial charge in [-0.15, -0.1) is 0 Å². The molecule has 3 aromatic rings. The SMILES string of the molecule is CC(=O)Nc1ccc(NC(=O)c2cn(C)nc2-c2ccc3c(c2)OCCCO3)cc1. The third kappa shape index (κ3) is 4.27. The Labute approximate surface area is 173 Å². The van der Waals surface area contributed by atoms with Crippen molar-refractivity contribution in [1.29, 1.82) is 0 Å². The zero-order valence-electron chi connectivity index (χ0n) is 16.8. The Kier molecular flexibility index (Phi) is 5.38. The Hall–Kier alpha value is -3.81. The number of nitrogens with zero attached hydrogens (tertiary/aromatic N) is 2. The average Bonchev–Trinajstić information content (AvgIpc) is 2.96. The molecule has 2 heterocycles. The first-order valence-corrected chi connectivity index (χ1v) is 9.62. The van der Waals surface area contributed by atoms with E-state index in [0.717, 1.165) is 12.0 Å². The number of ether oxygens (including phenoxy) is 2. The van der Waals surface area contributed by atoms with Gasteiger partial charge in [-0.25, -0.2) is 0 Å². The number of anilines is 2. The van der Waals surface area contributed by atoms with Gasteiger partial charge in [0.1, 0.15) is 5.69 Å². The van der Waals surface area contributed by atoms with Gasteiger partial charge in [0, 0.05) is 43.5 Å². The number of nitrogens with one attached hydrogen (secondary N) is 2. The van der Waals surface area contributed by atoms with E-state index in [-0.39, 0.29) is 11.8 Å². The van der Waals surface area contributed by atoms with Crippen LogP contribution in [0.2, 0.25) is 0 Å². The van der Waals surface area contributed by atoms with Crippen LogP contribution < -0.4 is 20.1 Å². The topological polar surface area (TPSA) is 94.5 Å². The van der Waals surface area contributed by atoms with E-state index >= 15 is 0 Å². The van der Waals surface area contributed by atoms with Crippen LogP contribution in [-0.2, 0) is 11.8 Å². The number of fused-ring (bicyclic) bond motifs is 1.